The summed E-state index contributed by atoms with van der Waals surface area (Å²) in [7, 11) is 1.64. The third kappa shape index (κ3) is 5.02. The number of halogens is 1. The molecule has 0 heterocycles. The van der Waals surface area contributed by atoms with Crippen LogP contribution in [0.3, 0.4) is 0 Å². The molecular weight excluding hydrogens is 414 g/mol. The van der Waals surface area contributed by atoms with E-state index in [0.29, 0.717) is 18.1 Å². The minimum Gasteiger partial charge on any atom is -0.493 e. The van der Waals surface area contributed by atoms with Crippen molar-refractivity contribution in [3.05, 3.63) is 86.9 Å². The van der Waals surface area contributed by atoms with Crippen molar-refractivity contribution in [1.82, 2.24) is 0 Å². The molecule has 0 saturated heterocycles. The molecule has 0 bridgehead atoms. The number of methoxy groups -OCH3 is 1. The smallest absolute Gasteiger partial charge is 0.175 e. The van der Waals surface area contributed by atoms with Gasteiger partial charge in [-0.05, 0) is 83.2 Å². The predicted octanol–water partition coefficient (Wildman–Crippen LogP) is 6.71. The molecule has 3 aromatic rings. The Morgan fingerprint density at radius 3 is 2.36 bits per heavy atom. The number of rotatable bonds is 6. The average molecular weight is 438 g/mol. The molecule has 28 heavy (non-hydrogen) atoms. The topological polar surface area (TPSA) is 30.8 Å². The zero-order valence-electron chi connectivity index (χ0n) is 16.6. The van der Waals surface area contributed by atoms with Crippen molar-refractivity contribution < 1.29 is 9.47 Å². The van der Waals surface area contributed by atoms with E-state index < -0.39 is 0 Å². The van der Waals surface area contributed by atoms with Crippen LogP contribution in [-0.4, -0.2) is 13.3 Å². The van der Waals surface area contributed by atoms with Gasteiger partial charge in [-0.1, -0.05) is 35.9 Å². The van der Waals surface area contributed by atoms with E-state index >= 15 is 0 Å². The SMILES string of the molecule is COc1cc(C=Nc2ccc(C)c(C)c2)cc(Br)c1OCc1ccc(C)cc1. The second kappa shape index (κ2) is 9.07. The van der Waals surface area contributed by atoms with Gasteiger partial charge in [0, 0.05) is 6.21 Å². The van der Waals surface area contributed by atoms with Gasteiger partial charge in [-0.3, -0.25) is 4.99 Å². The molecule has 0 amide bonds. The summed E-state index contributed by atoms with van der Waals surface area (Å²) in [4.78, 5) is 4.58. The molecule has 3 aromatic carbocycles. The van der Waals surface area contributed by atoms with Crippen LogP contribution in [0.15, 0.2) is 64.1 Å². The molecule has 0 aliphatic rings. The van der Waals surface area contributed by atoms with Crippen LogP contribution in [0.1, 0.15) is 27.8 Å². The third-order valence-corrected chi connectivity index (χ3v) is 5.20. The molecule has 0 saturated carbocycles. The lowest BCUT2D eigenvalue weighted by Crippen LogP contribution is -1.99. The van der Waals surface area contributed by atoms with Crippen molar-refractivity contribution in [2.24, 2.45) is 4.99 Å². The first-order chi connectivity index (χ1) is 13.5. The highest BCUT2D eigenvalue weighted by Crippen LogP contribution is 2.37. The molecule has 144 valence electrons. The fourth-order valence-corrected chi connectivity index (χ4v) is 3.32. The first-order valence-electron chi connectivity index (χ1n) is 9.13. The van der Waals surface area contributed by atoms with Crippen LogP contribution in [0, 0.1) is 20.8 Å². The van der Waals surface area contributed by atoms with Gasteiger partial charge < -0.3 is 9.47 Å². The fourth-order valence-electron chi connectivity index (χ4n) is 2.75. The van der Waals surface area contributed by atoms with Gasteiger partial charge in [0.15, 0.2) is 11.5 Å². The highest BCUT2D eigenvalue weighted by atomic mass is 79.9. The quantitative estimate of drug-likeness (QED) is 0.401. The van der Waals surface area contributed by atoms with Crippen molar-refractivity contribution in [1.29, 1.82) is 0 Å². The molecule has 0 fully saturated rings. The molecule has 0 radical (unpaired) electrons. The Kier molecular flexibility index (Phi) is 6.53. The molecule has 4 heteroatoms. The van der Waals surface area contributed by atoms with E-state index in [4.69, 9.17) is 9.47 Å². The summed E-state index contributed by atoms with van der Waals surface area (Å²) >= 11 is 3.60. The summed E-state index contributed by atoms with van der Waals surface area (Å²) in [6.45, 7) is 6.74. The largest absolute Gasteiger partial charge is 0.493 e. The first-order valence-corrected chi connectivity index (χ1v) is 9.93. The maximum absolute atomic E-state index is 6.02. The molecule has 3 rings (SSSR count). The number of aliphatic imine (C=N–C) groups is 1. The van der Waals surface area contributed by atoms with Crippen LogP contribution >= 0.6 is 15.9 Å². The van der Waals surface area contributed by atoms with Crippen molar-refractivity contribution in [3.8, 4) is 11.5 Å². The summed E-state index contributed by atoms with van der Waals surface area (Å²) in [6, 6.07) is 18.4. The minimum absolute atomic E-state index is 0.477. The normalized spacial score (nSPS) is 11.0. The Hall–Kier alpha value is -2.59. The third-order valence-electron chi connectivity index (χ3n) is 4.61. The molecule has 0 N–H and O–H groups in total. The Morgan fingerprint density at radius 1 is 0.929 bits per heavy atom. The van der Waals surface area contributed by atoms with Gasteiger partial charge in [-0.15, -0.1) is 0 Å². The second-order valence-electron chi connectivity index (χ2n) is 6.84. The van der Waals surface area contributed by atoms with Crippen molar-refractivity contribution in [2.45, 2.75) is 27.4 Å². The van der Waals surface area contributed by atoms with Gasteiger partial charge >= 0.3 is 0 Å². The highest BCUT2D eigenvalue weighted by molar-refractivity contribution is 9.10. The number of aryl methyl sites for hydroxylation is 3. The Labute approximate surface area is 175 Å². The van der Waals surface area contributed by atoms with E-state index in [1.807, 2.05) is 24.4 Å². The van der Waals surface area contributed by atoms with Crippen LogP contribution in [0.25, 0.3) is 0 Å². The maximum atomic E-state index is 6.02. The number of hydrogen-bond acceptors (Lipinski definition) is 3. The summed E-state index contributed by atoms with van der Waals surface area (Å²) in [5.74, 6) is 1.36. The van der Waals surface area contributed by atoms with Crippen LogP contribution in [0.5, 0.6) is 11.5 Å². The summed E-state index contributed by atoms with van der Waals surface area (Å²) < 4.78 is 12.4. The van der Waals surface area contributed by atoms with Gasteiger partial charge in [0.2, 0.25) is 0 Å². The molecule has 0 aliphatic carbocycles. The Balaban J connectivity index is 1.79. The van der Waals surface area contributed by atoms with Crippen LogP contribution in [-0.2, 0) is 6.61 Å². The molecule has 0 aromatic heterocycles. The van der Waals surface area contributed by atoms with Crippen LogP contribution < -0.4 is 9.47 Å². The molecular formula is C24H24BrNO2. The lowest BCUT2D eigenvalue weighted by atomic mass is 10.1. The van der Waals surface area contributed by atoms with E-state index in [-0.39, 0.29) is 0 Å². The fraction of sp³-hybridized carbons (Fsp3) is 0.208. The van der Waals surface area contributed by atoms with E-state index in [0.717, 1.165) is 21.3 Å². The molecule has 0 aliphatic heterocycles. The number of nitrogens with zero attached hydrogens (tertiary/aromatic N) is 1. The zero-order chi connectivity index (χ0) is 20.1. The maximum Gasteiger partial charge on any atom is 0.175 e. The summed E-state index contributed by atoms with van der Waals surface area (Å²) in [5, 5.41) is 0. The van der Waals surface area contributed by atoms with Crippen molar-refractivity contribution in [2.75, 3.05) is 7.11 Å². The standard InChI is InChI=1S/C24H24BrNO2/c1-16-5-8-19(9-6-16)15-28-24-22(25)12-20(13-23(24)27-4)14-26-21-10-7-17(2)18(3)11-21/h5-14H,15H2,1-4H3. The van der Waals surface area contributed by atoms with Crippen LogP contribution in [0.2, 0.25) is 0 Å². The van der Waals surface area contributed by atoms with E-state index in [1.165, 1.54) is 16.7 Å². The van der Waals surface area contributed by atoms with Crippen LogP contribution in [0.4, 0.5) is 5.69 Å². The summed E-state index contributed by atoms with van der Waals surface area (Å²) in [5.41, 5.74) is 6.70. The lowest BCUT2D eigenvalue weighted by molar-refractivity contribution is 0.282. The predicted molar refractivity (Wildman–Crippen MR) is 119 cm³/mol. The molecule has 0 atom stereocenters. The van der Waals surface area contributed by atoms with Gasteiger partial charge in [-0.25, -0.2) is 0 Å². The monoisotopic (exact) mass is 437 g/mol. The summed E-state index contributed by atoms with van der Waals surface area (Å²) in [6.07, 6.45) is 1.83. The first kappa shape index (κ1) is 20.2. The Bertz CT molecular complexity index is 994. The Morgan fingerprint density at radius 2 is 1.68 bits per heavy atom. The van der Waals surface area contributed by atoms with Gasteiger partial charge in [-0.2, -0.15) is 0 Å². The van der Waals surface area contributed by atoms with E-state index in [1.54, 1.807) is 7.11 Å². The highest BCUT2D eigenvalue weighted by Gasteiger charge is 2.11. The number of ether oxygens (including phenoxy) is 2. The van der Waals surface area contributed by atoms with E-state index in [2.05, 4.69) is 78.1 Å². The van der Waals surface area contributed by atoms with Gasteiger partial charge in [0.25, 0.3) is 0 Å². The van der Waals surface area contributed by atoms with Gasteiger partial charge in [0.1, 0.15) is 6.61 Å². The number of benzene rings is 3. The van der Waals surface area contributed by atoms with Crippen molar-refractivity contribution in [3.63, 3.8) is 0 Å². The van der Waals surface area contributed by atoms with Gasteiger partial charge in [0.05, 0.1) is 17.3 Å². The molecule has 0 unspecified atom stereocenters. The second-order valence-corrected chi connectivity index (χ2v) is 7.69. The molecule has 3 nitrogen and oxygen atoms in total. The van der Waals surface area contributed by atoms with Crippen molar-refractivity contribution >= 4 is 27.8 Å². The lowest BCUT2D eigenvalue weighted by Gasteiger charge is -2.13. The minimum atomic E-state index is 0.477. The molecule has 0 spiro atoms. The average Bonchev–Trinajstić information content (AvgIpc) is 2.69. The number of hydrogen-bond donors (Lipinski definition) is 0. The zero-order valence-corrected chi connectivity index (χ0v) is 18.2. The van der Waals surface area contributed by atoms with E-state index in [9.17, 15) is 0 Å².